The van der Waals surface area contributed by atoms with Gasteiger partial charge in [-0.1, -0.05) is 12.2 Å². The largest absolute Gasteiger partial charge is 0.306 e. The molecule has 94 valence electrons. The van der Waals surface area contributed by atoms with Gasteiger partial charge in [-0.3, -0.25) is 0 Å². The van der Waals surface area contributed by atoms with E-state index in [2.05, 4.69) is 36.0 Å². The van der Waals surface area contributed by atoms with Crippen molar-refractivity contribution in [2.45, 2.75) is 32.6 Å². The summed E-state index contributed by atoms with van der Waals surface area (Å²) in [6.07, 6.45) is 9.71. The molecule has 1 aliphatic carbocycles. The Morgan fingerprint density at radius 3 is 3.00 bits per heavy atom. The molecule has 17 heavy (non-hydrogen) atoms. The third-order valence-corrected chi connectivity index (χ3v) is 4.51. The van der Waals surface area contributed by atoms with Gasteiger partial charge in [0, 0.05) is 18.0 Å². The molecule has 0 radical (unpaired) electrons. The molecule has 2 rings (SSSR count). The maximum atomic E-state index is 4.30. The molecule has 0 aliphatic heterocycles. The molecule has 0 N–H and O–H groups in total. The Morgan fingerprint density at radius 1 is 1.47 bits per heavy atom. The zero-order valence-electron chi connectivity index (χ0n) is 10.9. The Morgan fingerprint density at radius 2 is 2.35 bits per heavy atom. The molecular formula is C14H22N2S. The number of likely N-dealkylation sites (N-methyl/N-ethyl adjacent to an activating group) is 1. The maximum Gasteiger partial charge on any atom is 0.0797 e. The van der Waals surface area contributed by atoms with Gasteiger partial charge >= 0.3 is 0 Å². The van der Waals surface area contributed by atoms with E-state index in [4.69, 9.17) is 0 Å². The highest BCUT2D eigenvalue weighted by atomic mass is 32.1. The van der Waals surface area contributed by atoms with E-state index in [0.717, 1.165) is 18.9 Å². The fraction of sp³-hybridized carbons (Fsp3) is 0.643. The summed E-state index contributed by atoms with van der Waals surface area (Å²) >= 11 is 1.79. The quantitative estimate of drug-likeness (QED) is 0.746. The number of allylic oxidation sites excluding steroid dienone is 2. The molecule has 1 aromatic rings. The molecule has 0 bridgehead atoms. The van der Waals surface area contributed by atoms with Crippen LogP contribution < -0.4 is 0 Å². The van der Waals surface area contributed by atoms with Crippen molar-refractivity contribution in [2.75, 3.05) is 20.1 Å². The lowest BCUT2D eigenvalue weighted by molar-refractivity contribution is 0.268. The molecule has 0 amide bonds. The van der Waals surface area contributed by atoms with E-state index in [9.17, 15) is 0 Å². The van der Waals surface area contributed by atoms with E-state index in [-0.39, 0.29) is 0 Å². The molecule has 2 nitrogen and oxygen atoms in total. The van der Waals surface area contributed by atoms with Crippen LogP contribution in [0.5, 0.6) is 0 Å². The minimum absolute atomic E-state index is 0.868. The lowest BCUT2D eigenvalue weighted by atomic mass is 9.94. The second-order valence-corrected chi connectivity index (χ2v) is 5.96. The Kier molecular flexibility index (Phi) is 4.75. The summed E-state index contributed by atoms with van der Waals surface area (Å²) in [5, 5.41) is 0. The molecule has 0 saturated carbocycles. The molecule has 1 aliphatic rings. The zero-order chi connectivity index (χ0) is 12.1. The van der Waals surface area contributed by atoms with Gasteiger partial charge in [-0.2, -0.15) is 0 Å². The van der Waals surface area contributed by atoms with Gasteiger partial charge in [0.2, 0.25) is 0 Å². The van der Waals surface area contributed by atoms with Gasteiger partial charge in [0.1, 0.15) is 0 Å². The number of thiazole rings is 1. The van der Waals surface area contributed by atoms with Crippen LogP contribution in [0.25, 0.3) is 0 Å². The monoisotopic (exact) mass is 250 g/mol. The average Bonchev–Trinajstić information content (AvgIpc) is 2.74. The van der Waals surface area contributed by atoms with Gasteiger partial charge in [0.15, 0.2) is 0 Å². The van der Waals surface area contributed by atoms with Crippen molar-refractivity contribution in [3.8, 4) is 0 Å². The first-order valence-corrected chi connectivity index (χ1v) is 7.36. The van der Waals surface area contributed by atoms with Crippen molar-refractivity contribution in [1.82, 2.24) is 9.88 Å². The van der Waals surface area contributed by atoms with E-state index in [1.54, 1.807) is 11.3 Å². The van der Waals surface area contributed by atoms with Gasteiger partial charge in [0.25, 0.3) is 0 Å². The number of aromatic nitrogens is 1. The topological polar surface area (TPSA) is 16.1 Å². The van der Waals surface area contributed by atoms with Crippen LogP contribution >= 0.6 is 11.3 Å². The minimum Gasteiger partial charge on any atom is -0.306 e. The second kappa shape index (κ2) is 6.31. The van der Waals surface area contributed by atoms with E-state index in [0.29, 0.717) is 0 Å². The van der Waals surface area contributed by atoms with E-state index >= 15 is 0 Å². The van der Waals surface area contributed by atoms with Crippen molar-refractivity contribution >= 4 is 11.3 Å². The third kappa shape index (κ3) is 3.93. The molecule has 1 heterocycles. The highest BCUT2D eigenvalue weighted by Gasteiger charge is 2.12. The van der Waals surface area contributed by atoms with Crippen molar-refractivity contribution < 1.29 is 0 Å². The van der Waals surface area contributed by atoms with Crippen LogP contribution in [0.1, 0.15) is 29.8 Å². The maximum absolute atomic E-state index is 4.30. The molecule has 1 aromatic heterocycles. The number of hydrogen-bond acceptors (Lipinski definition) is 3. The van der Waals surface area contributed by atoms with Gasteiger partial charge < -0.3 is 4.90 Å². The van der Waals surface area contributed by atoms with Crippen LogP contribution in [-0.2, 0) is 6.42 Å². The predicted molar refractivity (Wildman–Crippen MR) is 74.5 cm³/mol. The molecule has 3 heteroatoms. The first kappa shape index (κ1) is 12.8. The van der Waals surface area contributed by atoms with Crippen LogP contribution in [-0.4, -0.2) is 30.0 Å². The van der Waals surface area contributed by atoms with Crippen molar-refractivity contribution in [3.63, 3.8) is 0 Å². The summed E-state index contributed by atoms with van der Waals surface area (Å²) in [5.41, 5.74) is 3.17. The van der Waals surface area contributed by atoms with Crippen LogP contribution in [0, 0.1) is 12.8 Å². The molecule has 0 saturated heterocycles. The first-order valence-electron chi connectivity index (χ1n) is 6.48. The van der Waals surface area contributed by atoms with Crippen molar-refractivity contribution in [1.29, 1.82) is 0 Å². The summed E-state index contributed by atoms with van der Waals surface area (Å²) in [4.78, 5) is 8.22. The van der Waals surface area contributed by atoms with Crippen LogP contribution in [0.3, 0.4) is 0 Å². The number of nitrogens with zero attached hydrogens (tertiary/aromatic N) is 2. The predicted octanol–water partition coefficient (Wildman–Crippen LogP) is 3.28. The fourth-order valence-corrected chi connectivity index (χ4v) is 3.18. The molecule has 0 fully saturated rings. The van der Waals surface area contributed by atoms with Gasteiger partial charge in [-0.05, 0) is 45.6 Å². The standard InChI is InChI=1S/C14H22N2S/c1-12-14(17-11-15-12)8-9-16(2)10-13-6-4-3-5-7-13/h3-4,11,13H,5-10H2,1-2H3. The molecular weight excluding hydrogens is 228 g/mol. The summed E-state index contributed by atoms with van der Waals surface area (Å²) in [5.74, 6) is 0.868. The fourth-order valence-electron chi connectivity index (χ4n) is 2.41. The Bertz CT molecular complexity index is 370. The minimum atomic E-state index is 0.868. The van der Waals surface area contributed by atoms with Gasteiger partial charge in [0.05, 0.1) is 11.2 Å². The summed E-state index contributed by atoms with van der Waals surface area (Å²) in [7, 11) is 2.24. The second-order valence-electron chi connectivity index (χ2n) is 5.02. The lowest BCUT2D eigenvalue weighted by Crippen LogP contribution is -2.28. The summed E-state index contributed by atoms with van der Waals surface area (Å²) in [6.45, 7) is 4.50. The first-order chi connectivity index (χ1) is 8.25. The van der Waals surface area contributed by atoms with Gasteiger partial charge in [-0.15, -0.1) is 11.3 Å². The van der Waals surface area contributed by atoms with E-state index in [1.807, 2.05) is 5.51 Å². The van der Waals surface area contributed by atoms with Gasteiger partial charge in [-0.25, -0.2) is 4.98 Å². The summed E-state index contributed by atoms with van der Waals surface area (Å²) < 4.78 is 0. The lowest BCUT2D eigenvalue weighted by Gasteiger charge is -2.24. The van der Waals surface area contributed by atoms with E-state index in [1.165, 1.54) is 36.4 Å². The zero-order valence-corrected chi connectivity index (χ0v) is 11.7. The summed E-state index contributed by atoms with van der Waals surface area (Å²) in [6, 6.07) is 0. The smallest absolute Gasteiger partial charge is 0.0797 e. The van der Waals surface area contributed by atoms with Crippen LogP contribution in [0.2, 0.25) is 0 Å². The van der Waals surface area contributed by atoms with Crippen molar-refractivity contribution in [2.24, 2.45) is 5.92 Å². The highest BCUT2D eigenvalue weighted by molar-refractivity contribution is 7.09. The molecule has 0 spiro atoms. The third-order valence-electron chi connectivity index (χ3n) is 3.51. The van der Waals surface area contributed by atoms with E-state index < -0.39 is 0 Å². The Balaban J connectivity index is 1.72. The normalized spacial score (nSPS) is 20.1. The van der Waals surface area contributed by atoms with Crippen molar-refractivity contribution in [3.05, 3.63) is 28.2 Å². The van der Waals surface area contributed by atoms with Crippen LogP contribution in [0.15, 0.2) is 17.7 Å². The molecule has 0 aromatic carbocycles. The average molecular weight is 250 g/mol. The highest BCUT2D eigenvalue weighted by Crippen LogP contribution is 2.19. The van der Waals surface area contributed by atoms with Crippen LogP contribution in [0.4, 0.5) is 0 Å². The Hall–Kier alpha value is -0.670. The number of aryl methyl sites for hydroxylation is 1. The SMILES string of the molecule is Cc1ncsc1CCN(C)CC1CC=CCC1. The molecule has 1 unspecified atom stereocenters. The number of rotatable bonds is 5. The number of hydrogen-bond donors (Lipinski definition) is 0. The Labute approximate surface area is 108 Å². The molecule has 1 atom stereocenters.